The number of hydrogen-bond donors (Lipinski definition) is 0. The molecule has 5 nitrogen and oxygen atoms in total. The van der Waals surface area contributed by atoms with E-state index in [9.17, 15) is 14.4 Å². The predicted octanol–water partition coefficient (Wildman–Crippen LogP) is 5.55. The summed E-state index contributed by atoms with van der Waals surface area (Å²) in [5, 5.41) is 0. The molecule has 0 saturated carbocycles. The third-order valence-corrected chi connectivity index (χ3v) is 6.36. The van der Waals surface area contributed by atoms with Crippen molar-refractivity contribution in [3.05, 3.63) is 101 Å². The highest BCUT2D eigenvalue weighted by Gasteiger charge is 2.40. The first kappa shape index (κ1) is 23.4. The summed E-state index contributed by atoms with van der Waals surface area (Å²) in [6.45, 7) is 8.25. The summed E-state index contributed by atoms with van der Waals surface area (Å²) in [4.78, 5) is 40.0. The topological polar surface area (TPSA) is 63.7 Å². The average molecular weight is 456 g/mol. The number of hydrogen-bond acceptors (Lipinski definition) is 4. The first-order chi connectivity index (χ1) is 16.3. The number of amides is 2. The molecule has 34 heavy (non-hydrogen) atoms. The van der Waals surface area contributed by atoms with Gasteiger partial charge >= 0.3 is 5.97 Å². The van der Waals surface area contributed by atoms with E-state index < -0.39 is 5.41 Å². The van der Waals surface area contributed by atoms with Gasteiger partial charge in [0.1, 0.15) is 5.41 Å². The fourth-order valence-electron chi connectivity index (χ4n) is 4.49. The lowest BCUT2D eigenvalue weighted by molar-refractivity contribution is -0.147. The van der Waals surface area contributed by atoms with Crippen LogP contribution in [-0.4, -0.2) is 24.4 Å². The maximum Gasteiger partial charge on any atom is 0.320 e. The van der Waals surface area contributed by atoms with Gasteiger partial charge in [-0.15, -0.1) is 0 Å². The molecule has 0 bridgehead atoms. The van der Waals surface area contributed by atoms with E-state index in [0.717, 1.165) is 17.5 Å². The summed E-state index contributed by atoms with van der Waals surface area (Å²) in [7, 11) is 0. The van der Waals surface area contributed by atoms with E-state index in [1.54, 1.807) is 55.5 Å². The van der Waals surface area contributed by atoms with Crippen molar-refractivity contribution in [1.29, 1.82) is 0 Å². The molecule has 174 valence electrons. The van der Waals surface area contributed by atoms with Crippen LogP contribution in [0.15, 0.2) is 72.8 Å². The summed E-state index contributed by atoms with van der Waals surface area (Å²) in [5.74, 6) is -0.499. The minimum atomic E-state index is -1.03. The molecule has 3 aromatic rings. The Balaban J connectivity index is 1.69. The molecule has 0 aliphatic carbocycles. The monoisotopic (exact) mass is 455 g/mol. The van der Waals surface area contributed by atoms with Gasteiger partial charge in [0, 0.05) is 0 Å². The molecule has 0 fully saturated rings. The number of anilines is 1. The number of esters is 1. The molecule has 5 heteroatoms. The molecule has 0 saturated heterocycles. The molecule has 1 aliphatic heterocycles. The van der Waals surface area contributed by atoms with Gasteiger partial charge in [0.2, 0.25) is 0 Å². The molecule has 0 N–H and O–H groups in total. The number of fused-ring (bicyclic) bond motifs is 1. The van der Waals surface area contributed by atoms with E-state index in [2.05, 4.69) is 26.0 Å². The van der Waals surface area contributed by atoms with Crippen LogP contribution in [0.5, 0.6) is 0 Å². The number of rotatable bonds is 7. The van der Waals surface area contributed by atoms with Crippen LogP contribution in [0, 0.1) is 5.92 Å². The Bertz CT molecular complexity index is 1190. The van der Waals surface area contributed by atoms with Gasteiger partial charge in [-0.05, 0) is 67.1 Å². The van der Waals surface area contributed by atoms with Crippen LogP contribution >= 0.6 is 0 Å². The predicted molar refractivity (Wildman–Crippen MR) is 132 cm³/mol. The van der Waals surface area contributed by atoms with Gasteiger partial charge in [0.15, 0.2) is 0 Å². The second-order valence-corrected chi connectivity index (χ2v) is 9.18. The highest BCUT2D eigenvalue weighted by molar-refractivity contribution is 6.34. The fraction of sp³-hybridized carbons (Fsp3) is 0.276. The summed E-state index contributed by atoms with van der Waals surface area (Å²) in [5.41, 5.74) is 2.99. The number of nitrogens with zero attached hydrogens (tertiary/aromatic N) is 1. The maximum atomic E-state index is 13.2. The molecule has 0 spiro atoms. The average Bonchev–Trinajstić information content (AvgIpc) is 3.09. The van der Waals surface area contributed by atoms with Crippen LogP contribution in [0.2, 0.25) is 0 Å². The number of carbonyl (C=O) groups excluding carboxylic acids is 3. The van der Waals surface area contributed by atoms with Crippen LogP contribution in [0.25, 0.3) is 0 Å². The second kappa shape index (κ2) is 9.26. The summed E-state index contributed by atoms with van der Waals surface area (Å²) in [6.07, 6.45) is 0.964. The van der Waals surface area contributed by atoms with Crippen molar-refractivity contribution in [2.45, 2.75) is 39.5 Å². The van der Waals surface area contributed by atoms with Gasteiger partial charge in [-0.3, -0.25) is 14.4 Å². The quantitative estimate of drug-likeness (QED) is 0.346. The number of carbonyl (C=O) groups is 3. The van der Waals surface area contributed by atoms with Crippen LogP contribution in [0.4, 0.5) is 5.69 Å². The molecule has 1 atom stereocenters. The van der Waals surface area contributed by atoms with Gasteiger partial charge in [0.25, 0.3) is 11.8 Å². The van der Waals surface area contributed by atoms with Crippen molar-refractivity contribution >= 4 is 23.5 Å². The SMILES string of the molecule is CCOC(=O)C(C)(c1ccc(CC(C)C)cc1)c1ccc(N2C(=O)c3ccccc3C2=O)cc1. The number of benzene rings is 3. The Hall–Kier alpha value is -3.73. The molecule has 3 aromatic carbocycles. The normalized spacial score (nSPS) is 14.8. The minimum absolute atomic E-state index is 0.271. The highest BCUT2D eigenvalue weighted by atomic mass is 16.5. The van der Waals surface area contributed by atoms with Crippen LogP contribution in [-0.2, 0) is 21.4 Å². The summed E-state index contributed by atoms with van der Waals surface area (Å²) < 4.78 is 5.46. The molecule has 4 rings (SSSR count). The first-order valence-corrected chi connectivity index (χ1v) is 11.6. The van der Waals surface area contributed by atoms with Crippen molar-refractivity contribution in [2.75, 3.05) is 11.5 Å². The van der Waals surface area contributed by atoms with E-state index in [1.165, 1.54) is 10.5 Å². The van der Waals surface area contributed by atoms with Crippen LogP contribution in [0.3, 0.4) is 0 Å². The van der Waals surface area contributed by atoms with Crippen molar-refractivity contribution < 1.29 is 19.1 Å². The van der Waals surface area contributed by atoms with Gasteiger partial charge in [-0.1, -0.05) is 62.4 Å². The van der Waals surface area contributed by atoms with E-state index in [0.29, 0.717) is 22.7 Å². The van der Waals surface area contributed by atoms with Gasteiger partial charge in [-0.2, -0.15) is 0 Å². The van der Waals surface area contributed by atoms with E-state index >= 15 is 0 Å². The van der Waals surface area contributed by atoms with E-state index in [1.807, 2.05) is 19.1 Å². The minimum Gasteiger partial charge on any atom is -0.465 e. The van der Waals surface area contributed by atoms with Crippen molar-refractivity contribution in [2.24, 2.45) is 5.92 Å². The second-order valence-electron chi connectivity index (χ2n) is 9.18. The molecule has 0 aromatic heterocycles. The van der Waals surface area contributed by atoms with Crippen molar-refractivity contribution in [3.63, 3.8) is 0 Å². The van der Waals surface area contributed by atoms with E-state index in [4.69, 9.17) is 4.74 Å². The Labute approximate surface area is 200 Å². The van der Waals surface area contributed by atoms with Crippen molar-refractivity contribution in [1.82, 2.24) is 0 Å². The molecular weight excluding hydrogens is 426 g/mol. The summed E-state index contributed by atoms with van der Waals surface area (Å²) in [6, 6.07) is 21.9. The molecule has 0 radical (unpaired) electrons. The third kappa shape index (κ3) is 4.03. The maximum absolute atomic E-state index is 13.2. The number of imide groups is 1. The lowest BCUT2D eigenvalue weighted by atomic mass is 9.76. The largest absolute Gasteiger partial charge is 0.465 e. The zero-order valence-corrected chi connectivity index (χ0v) is 20.0. The zero-order valence-electron chi connectivity index (χ0n) is 20.0. The number of ether oxygens (including phenoxy) is 1. The molecule has 1 aliphatic rings. The Morgan fingerprint density at radius 1 is 0.853 bits per heavy atom. The standard InChI is InChI=1S/C29H29NO4/c1-5-34-28(33)29(4,21-12-10-20(11-13-21)18-19(2)3)22-14-16-23(17-15-22)30-26(31)24-8-6-7-9-25(24)27(30)32/h6-17,19H,5,18H2,1-4H3. The molecule has 2 amide bonds. The fourth-order valence-corrected chi connectivity index (χ4v) is 4.49. The van der Waals surface area contributed by atoms with Gasteiger partial charge in [0.05, 0.1) is 23.4 Å². The Morgan fingerprint density at radius 3 is 1.82 bits per heavy atom. The van der Waals surface area contributed by atoms with Crippen LogP contribution < -0.4 is 4.90 Å². The Morgan fingerprint density at radius 2 is 1.35 bits per heavy atom. The highest BCUT2D eigenvalue weighted by Crippen LogP contribution is 2.36. The zero-order chi connectivity index (χ0) is 24.5. The lowest BCUT2D eigenvalue weighted by Gasteiger charge is -2.29. The van der Waals surface area contributed by atoms with Crippen molar-refractivity contribution in [3.8, 4) is 0 Å². The molecule has 1 unspecified atom stereocenters. The summed E-state index contributed by atoms with van der Waals surface area (Å²) >= 11 is 0. The Kier molecular flexibility index (Phi) is 6.38. The van der Waals surface area contributed by atoms with Gasteiger partial charge in [-0.25, -0.2) is 4.90 Å². The van der Waals surface area contributed by atoms with Crippen LogP contribution in [0.1, 0.15) is 65.1 Å². The first-order valence-electron chi connectivity index (χ1n) is 11.6. The lowest BCUT2D eigenvalue weighted by Crippen LogP contribution is -2.36. The third-order valence-electron chi connectivity index (χ3n) is 6.36. The smallest absolute Gasteiger partial charge is 0.320 e. The molecular formula is C29H29NO4. The van der Waals surface area contributed by atoms with E-state index in [-0.39, 0.29) is 24.4 Å². The molecule has 1 heterocycles. The van der Waals surface area contributed by atoms with Gasteiger partial charge < -0.3 is 4.74 Å².